The van der Waals surface area contributed by atoms with E-state index in [-0.39, 0.29) is 0 Å². The van der Waals surface area contributed by atoms with E-state index in [9.17, 15) is 0 Å². The molecule has 1 N–H and O–H groups in total. The predicted octanol–water partition coefficient (Wildman–Crippen LogP) is 2.10. The molecule has 0 spiro atoms. The van der Waals surface area contributed by atoms with Crippen molar-refractivity contribution in [1.82, 2.24) is 9.55 Å². The molecule has 2 heterocycles. The van der Waals surface area contributed by atoms with Crippen LogP contribution in [-0.4, -0.2) is 16.1 Å². The predicted molar refractivity (Wildman–Crippen MR) is 62.3 cm³/mol. The van der Waals surface area contributed by atoms with Crippen LogP contribution < -0.4 is 5.32 Å². The van der Waals surface area contributed by atoms with E-state index in [0.717, 1.165) is 30.7 Å². The molecule has 1 aliphatic heterocycles. The lowest BCUT2D eigenvalue weighted by molar-refractivity contribution is 0.829. The van der Waals surface area contributed by atoms with Gasteiger partial charge >= 0.3 is 0 Å². The van der Waals surface area contributed by atoms with Gasteiger partial charge in [0.25, 0.3) is 0 Å². The number of aryl methyl sites for hydroxylation is 2. The van der Waals surface area contributed by atoms with Gasteiger partial charge in [-0.15, -0.1) is 0 Å². The van der Waals surface area contributed by atoms with Crippen molar-refractivity contribution in [2.24, 2.45) is 7.05 Å². The maximum atomic E-state index is 4.64. The molecule has 1 aromatic heterocycles. The summed E-state index contributed by atoms with van der Waals surface area (Å²) >= 11 is 0. The molecular formula is C12H15N3. The van der Waals surface area contributed by atoms with Crippen molar-refractivity contribution in [2.75, 3.05) is 11.9 Å². The Balaban J connectivity index is 2.31. The largest absolute Gasteiger partial charge is 0.384 e. The zero-order valence-corrected chi connectivity index (χ0v) is 9.17. The first-order valence-corrected chi connectivity index (χ1v) is 5.51. The smallest absolute Gasteiger partial charge is 0.109 e. The number of anilines is 1. The standard InChI is InChI=1S/C12H15N3/c1-3-12-14-10-6-8-4-5-13-9(8)7-11(10)15(12)2/h6-7,13H,3-5H2,1-2H3. The number of fused-ring (bicyclic) bond motifs is 2. The number of benzene rings is 1. The molecule has 0 saturated heterocycles. The summed E-state index contributed by atoms with van der Waals surface area (Å²) < 4.78 is 2.19. The minimum absolute atomic E-state index is 0.989. The Labute approximate surface area is 89.1 Å². The summed E-state index contributed by atoms with van der Waals surface area (Å²) in [5.41, 5.74) is 5.06. The molecule has 0 bridgehead atoms. The highest BCUT2D eigenvalue weighted by Gasteiger charge is 2.14. The monoisotopic (exact) mass is 201 g/mol. The average molecular weight is 201 g/mol. The second kappa shape index (κ2) is 2.99. The number of nitrogens with zero attached hydrogens (tertiary/aromatic N) is 2. The molecule has 0 unspecified atom stereocenters. The summed E-state index contributed by atoms with van der Waals surface area (Å²) in [7, 11) is 2.09. The zero-order valence-electron chi connectivity index (χ0n) is 9.17. The van der Waals surface area contributed by atoms with Crippen molar-refractivity contribution < 1.29 is 0 Å². The SMILES string of the molecule is CCc1nc2cc3c(cc2n1C)NCC3. The lowest BCUT2D eigenvalue weighted by atomic mass is 10.1. The molecule has 0 saturated carbocycles. The summed E-state index contributed by atoms with van der Waals surface area (Å²) in [5.74, 6) is 1.16. The van der Waals surface area contributed by atoms with Crippen LogP contribution in [0.3, 0.4) is 0 Å². The molecule has 78 valence electrons. The van der Waals surface area contributed by atoms with Crippen LogP contribution in [0.4, 0.5) is 5.69 Å². The van der Waals surface area contributed by atoms with Crippen molar-refractivity contribution in [1.29, 1.82) is 0 Å². The highest BCUT2D eigenvalue weighted by molar-refractivity contribution is 5.83. The normalized spacial score (nSPS) is 14.3. The van der Waals surface area contributed by atoms with Crippen LogP contribution in [0, 0.1) is 0 Å². The molecule has 0 amide bonds. The van der Waals surface area contributed by atoms with Gasteiger partial charge in [-0.1, -0.05) is 6.92 Å². The first kappa shape index (κ1) is 8.77. The average Bonchev–Trinajstić information content (AvgIpc) is 2.80. The molecule has 3 nitrogen and oxygen atoms in total. The summed E-state index contributed by atoms with van der Waals surface area (Å²) in [6, 6.07) is 4.45. The Bertz CT molecular complexity index is 525. The first-order valence-electron chi connectivity index (χ1n) is 5.51. The molecule has 15 heavy (non-hydrogen) atoms. The van der Waals surface area contributed by atoms with Crippen molar-refractivity contribution in [2.45, 2.75) is 19.8 Å². The van der Waals surface area contributed by atoms with E-state index in [1.807, 2.05) is 0 Å². The molecule has 1 aliphatic rings. The number of hydrogen-bond donors (Lipinski definition) is 1. The minimum Gasteiger partial charge on any atom is -0.384 e. The quantitative estimate of drug-likeness (QED) is 0.765. The Kier molecular flexibility index (Phi) is 1.75. The molecule has 0 aliphatic carbocycles. The van der Waals surface area contributed by atoms with Gasteiger partial charge in [0.15, 0.2) is 0 Å². The van der Waals surface area contributed by atoms with Gasteiger partial charge in [-0.2, -0.15) is 0 Å². The third-order valence-electron chi connectivity index (χ3n) is 3.22. The van der Waals surface area contributed by atoms with Crippen molar-refractivity contribution >= 4 is 16.7 Å². The van der Waals surface area contributed by atoms with E-state index in [1.54, 1.807) is 0 Å². The van der Waals surface area contributed by atoms with Crippen LogP contribution >= 0.6 is 0 Å². The van der Waals surface area contributed by atoms with Crippen LogP contribution in [-0.2, 0) is 19.9 Å². The maximum Gasteiger partial charge on any atom is 0.109 e. The molecule has 0 fully saturated rings. The fraction of sp³-hybridized carbons (Fsp3) is 0.417. The second-order valence-electron chi connectivity index (χ2n) is 4.12. The van der Waals surface area contributed by atoms with Gasteiger partial charge in [-0.05, 0) is 24.1 Å². The topological polar surface area (TPSA) is 29.9 Å². The van der Waals surface area contributed by atoms with E-state index in [4.69, 9.17) is 0 Å². The number of nitrogens with one attached hydrogen (secondary N) is 1. The lowest BCUT2D eigenvalue weighted by Crippen LogP contribution is -1.95. The van der Waals surface area contributed by atoms with E-state index in [1.165, 1.54) is 16.8 Å². The van der Waals surface area contributed by atoms with E-state index >= 15 is 0 Å². The number of imidazole rings is 1. The highest BCUT2D eigenvalue weighted by Crippen LogP contribution is 2.28. The summed E-state index contributed by atoms with van der Waals surface area (Å²) in [6.07, 6.45) is 2.12. The van der Waals surface area contributed by atoms with Crippen molar-refractivity contribution in [3.05, 3.63) is 23.5 Å². The molecule has 3 rings (SSSR count). The fourth-order valence-corrected chi connectivity index (χ4v) is 2.35. The molecule has 1 aromatic carbocycles. The first-order chi connectivity index (χ1) is 7.29. The minimum atomic E-state index is 0.989. The molecule has 0 atom stereocenters. The molecule has 3 heteroatoms. The van der Waals surface area contributed by atoms with Crippen LogP contribution in [0.25, 0.3) is 11.0 Å². The number of hydrogen-bond acceptors (Lipinski definition) is 2. The highest BCUT2D eigenvalue weighted by atomic mass is 15.1. The third-order valence-corrected chi connectivity index (χ3v) is 3.22. The van der Waals surface area contributed by atoms with Gasteiger partial charge < -0.3 is 9.88 Å². The zero-order chi connectivity index (χ0) is 10.4. The van der Waals surface area contributed by atoms with Gasteiger partial charge in [-0.25, -0.2) is 4.98 Å². The third kappa shape index (κ3) is 1.16. The van der Waals surface area contributed by atoms with Crippen LogP contribution in [0.5, 0.6) is 0 Å². The van der Waals surface area contributed by atoms with E-state index < -0.39 is 0 Å². The lowest BCUT2D eigenvalue weighted by Gasteiger charge is -2.01. The molecule has 2 aromatic rings. The number of aromatic nitrogens is 2. The summed E-state index contributed by atoms with van der Waals surface area (Å²) in [6.45, 7) is 3.21. The van der Waals surface area contributed by atoms with Gasteiger partial charge in [0.1, 0.15) is 5.82 Å². The Morgan fingerprint density at radius 1 is 1.47 bits per heavy atom. The second-order valence-corrected chi connectivity index (χ2v) is 4.12. The summed E-state index contributed by atoms with van der Waals surface area (Å²) in [5, 5.41) is 3.41. The van der Waals surface area contributed by atoms with Crippen LogP contribution in [0.1, 0.15) is 18.3 Å². The van der Waals surface area contributed by atoms with Gasteiger partial charge in [-0.3, -0.25) is 0 Å². The fourth-order valence-electron chi connectivity index (χ4n) is 2.35. The van der Waals surface area contributed by atoms with Gasteiger partial charge in [0.2, 0.25) is 0 Å². The van der Waals surface area contributed by atoms with E-state index in [2.05, 4.69) is 41.0 Å². The van der Waals surface area contributed by atoms with Crippen molar-refractivity contribution in [3.8, 4) is 0 Å². The molecular weight excluding hydrogens is 186 g/mol. The number of rotatable bonds is 1. The van der Waals surface area contributed by atoms with Crippen molar-refractivity contribution in [3.63, 3.8) is 0 Å². The van der Waals surface area contributed by atoms with Crippen LogP contribution in [0.15, 0.2) is 12.1 Å². The Hall–Kier alpha value is -1.51. The summed E-state index contributed by atoms with van der Waals surface area (Å²) in [4.78, 5) is 4.64. The Morgan fingerprint density at radius 3 is 3.13 bits per heavy atom. The molecule has 0 radical (unpaired) electrons. The Morgan fingerprint density at radius 2 is 2.33 bits per heavy atom. The van der Waals surface area contributed by atoms with Gasteiger partial charge in [0.05, 0.1) is 11.0 Å². The van der Waals surface area contributed by atoms with E-state index in [0.29, 0.717) is 0 Å². The van der Waals surface area contributed by atoms with Gasteiger partial charge in [0, 0.05) is 25.7 Å². The maximum absolute atomic E-state index is 4.64. The van der Waals surface area contributed by atoms with Crippen LogP contribution in [0.2, 0.25) is 0 Å².